The molecule has 0 aromatic heterocycles. The number of rotatable bonds is 7. The van der Waals surface area contributed by atoms with E-state index < -0.39 is 10.0 Å². The van der Waals surface area contributed by atoms with Gasteiger partial charge in [0.25, 0.3) is 0 Å². The van der Waals surface area contributed by atoms with Gasteiger partial charge in [0.15, 0.2) is 0 Å². The number of sulfonamides is 1. The van der Waals surface area contributed by atoms with Gasteiger partial charge in [-0.3, -0.25) is 0 Å². The van der Waals surface area contributed by atoms with Crippen LogP contribution in [0.2, 0.25) is 0 Å². The summed E-state index contributed by atoms with van der Waals surface area (Å²) in [5, 5.41) is 3.00. The predicted molar refractivity (Wildman–Crippen MR) is 57.6 cm³/mol. The predicted octanol–water partition coefficient (Wildman–Crippen LogP) is 0.171. The van der Waals surface area contributed by atoms with Crippen molar-refractivity contribution in [3.8, 4) is 0 Å². The Hall–Kier alpha value is -0.130. The highest BCUT2D eigenvalue weighted by molar-refractivity contribution is 7.89. The highest BCUT2D eigenvalue weighted by Crippen LogP contribution is 2.36. The van der Waals surface area contributed by atoms with E-state index >= 15 is 0 Å². The van der Waals surface area contributed by atoms with Crippen molar-refractivity contribution >= 4 is 10.0 Å². The smallest absolute Gasteiger partial charge is 0.212 e. The van der Waals surface area contributed by atoms with Crippen molar-refractivity contribution in [3.63, 3.8) is 0 Å². The summed E-state index contributed by atoms with van der Waals surface area (Å²) in [6, 6.07) is 0. The minimum Gasteiger partial charge on any atom is -0.316 e. The number of hydrogen-bond acceptors (Lipinski definition) is 3. The van der Waals surface area contributed by atoms with Gasteiger partial charge >= 0.3 is 0 Å². The normalized spacial score (nSPS) is 26.4. The molecule has 14 heavy (non-hydrogen) atoms. The number of hydrogen-bond donors (Lipinski definition) is 2. The van der Waals surface area contributed by atoms with Crippen LogP contribution in [0.3, 0.4) is 0 Å². The molecule has 1 aliphatic carbocycles. The van der Waals surface area contributed by atoms with Crippen molar-refractivity contribution in [2.75, 3.05) is 25.4 Å². The summed E-state index contributed by atoms with van der Waals surface area (Å²) in [6.45, 7) is 6.08. The standard InChI is InChI=1S/C9H20N2O2S/c1-3-10-4-5-14(12,13)11-7-9-6-8(9)2/h8-11H,3-7H2,1-2H3. The Balaban J connectivity index is 2.14. The van der Waals surface area contributed by atoms with Gasteiger partial charge in [-0.2, -0.15) is 0 Å². The molecule has 0 amide bonds. The maximum atomic E-state index is 11.4. The van der Waals surface area contributed by atoms with E-state index in [0.717, 1.165) is 13.0 Å². The Kier molecular flexibility index (Phi) is 4.34. The molecule has 84 valence electrons. The molecule has 0 aromatic rings. The van der Waals surface area contributed by atoms with Crippen LogP contribution in [0.25, 0.3) is 0 Å². The molecule has 0 bridgehead atoms. The molecule has 0 aromatic carbocycles. The molecule has 2 atom stereocenters. The Morgan fingerprint density at radius 3 is 2.57 bits per heavy atom. The van der Waals surface area contributed by atoms with Gasteiger partial charge in [0, 0.05) is 13.1 Å². The Bertz CT molecular complexity index is 264. The fraction of sp³-hybridized carbons (Fsp3) is 1.00. The summed E-state index contributed by atoms with van der Waals surface area (Å²) < 4.78 is 25.4. The fourth-order valence-electron chi connectivity index (χ4n) is 1.37. The molecule has 0 saturated heterocycles. The average Bonchev–Trinajstić information content (AvgIpc) is 2.79. The molecule has 0 heterocycles. The molecule has 1 aliphatic rings. The van der Waals surface area contributed by atoms with Crippen LogP contribution in [-0.2, 0) is 10.0 Å². The highest BCUT2D eigenvalue weighted by atomic mass is 32.2. The van der Waals surface area contributed by atoms with Crippen molar-refractivity contribution in [3.05, 3.63) is 0 Å². The first-order chi connectivity index (χ1) is 6.55. The molecule has 5 heteroatoms. The van der Waals surface area contributed by atoms with Gasteiger partial charge in [0.05, 0.1) is 5.75 Å². The van der Waals surface area contributed by atoms with Gasteiger partial charge in [0.1, 0.15) is 0 Å². The van der Waals surface area contributed by atoms with E-state index in [2.05, 4.69) is 17.0 Å². The van der Waals surface area contributed by atoms with Crippen molar-refractivity contribution in [1.82, 2.24) is 10.0 Å². The maximum absolute atomic E-state index is 11.4. The van der Waals surface area contributed by atoms with E-state index in [4.69, 9.17) is 0 Å². The highest BCUT2D eigenvalue weighted by Gasteiger charge is 2.32. The monoisotopic (exact) mass is 220 g/mol. The zero-order valence-electron chi connectivity index (χ0n) is 8.91. The van der Waals surface area contributed by atoms with E-state index in [1.54, 1.807) is 0 Å². The van der Waals surface area contributed by atoms with Crippen molar-refractivity contribution in [1.29, 1.82) is 0 Å². The van der Waals surface area contributed by atoms with Gasteiger partial charge in [-0.25, -0.2) is 13.1 Å². The van der Waals surface area contributed by atoms with E-state index in [9.17, 15) is 8.42 Å². The van der Waals surface area contributed by atoms with E-state index in [0.29, 0.717) is 24.9 Å². The molecule has 4 nitrogen and oxygen atoms in total. The van der Waals surface area contributed by atoms with Crippen molar-refractivity contribution in [2.24, 2.45) is 11.8 Å². The van der Waals surface area contributed by atoms with Crippen LogP contribution in [0.15, 0.2) is 0 Å². The molecule has 0 radical (unpaired) electrons. The van der Waals surface area contributed by atoms with Gasteiger partial charge in [-0.15, -0.1) is 0 Å². The van der Waals surface area contributed by atoms with E-state index in [1.165, 1.54) is 0 Å². The summed E-state index contributed by atoms with van der Waals surface area (Å²) in [5.41, 5.74) is 0. The zero-order valence-corrected chi connectivity index (χ0v) is 9.73. The van der Waals surface area contributed by atoms with Crippen LogP contribution < -0.4 is 10.0 Å². The van der Waals surface area contributed by atoms with Crippen LogP contribution in [-0.4, -0.2) is 33.8 Å². The van der Waals surface area contributed by atoms with Crippen molar-refractivity contribution < 1.29 is 8.42 Å². The molecular weight excluding hydrogens is 200 g/mol. The second kappa shape index (κ2) is 5.09. The topological polar surface area (TPSA) is 58.2 Å². The van der Waals surface area contributed by atoms with Gasteiger partial charge in [-0.05, 0) is 24.8 Å². The quantitative estimate of drug-likeness (QED) is 0.601. The molecular formula is C9H20N2O2S. The molecule has 2 unspecified atom stereocenters. The largest absolute Gasteiger partial charge is 0.316 e. The lowest BCUT2D eigenvalue weighted by atomic mass is 10.3. The second-order valence-corrected chi connectivity index (χ2v) is 5.92. The lowest BCUT2D eigenvalue weighted by Gasteiger charge is -2.06. The number of nitrogens with one attached hydrogen (secondary N) is 2. The second-order valence-electron chi connectivity index (χ2n) is 3.99. The fourth-order valence-corrected chi connectivity index (χ4v) is 2.40. The third kappa shape index (κ3) is 4.39. The van der Waals surface area contributed by atoms with Crippen LogP contribution in [0.1, 0.15) is 20.3 Å². The Morgan fingerprint density at radius 2 is 2.07 bits per heavy atom. The third-order valence-electron chi connectivity index (χ3n) is 2.64. The summed E-state index contributed by atoms with van der Waals surface area (Å²) >= 11 is 0. The summed E-state index contributed by atoms with van der Waals surface area (Å²) in [7, 11) is -3.04. The van der Waals surface area contributed by atoms with Crippen LogP contribution in [0.5, 0.6) is 0 Å². The molecule has 1 rings (SSSR count). The lowest BCUT2D eigenvalue weighted by Crippen LogP contribution is -2.33. The third-order valence-corrected chi connectivity index (χ3v) is 3.99. The van der Waals surface area contributed by atoms with Gasteiger partial charge in [0.2, 0.25) is 10.0 Å². The lowest BCUT2D eigenvalue weighted by molar-refractivity contribution is 0.571. The zero-order chi connectivity index (χ0) is 10.6. The SMILES string of the molecule is CCNCCS(=O)(=O)NCC1CC1C. The van der Waals surface area contributed by atoms with Crippen LogP contribution in [0.4, 0.5) is 0 Å². The maximum Gasteiger partial charge on any atom is 0.212 e. The summed E-state index contributed by atoms with van der Waals surface area (Å²) in [5.74, 6) is 1.46. The van der Waals surface area contributed by atoms with E-state index in [-0.39, 0.29) is 5.75 Å². The molecule has 2 N–H and O–H groups in total. The first kappa shape index (κ1) is 11.9. The Morgan fingerprint density at radius 1 is 1.43 bits per heavy atom. The minimum atomic E-state index is -3.04. The van der Waals surface area contributed by atoms with Crippen LogP contribution >= 0.6 is 0 Å². The molecule has 1 fully saturated rings. The summed E-state index contributed by atoms with van der Waals surface area (Å²) in [6.07, 6.45) is 1.16. The molecule has 0 spiro atoms. The molecule has 0 aliphatic heterocycles. The molecule has 1 saturated carbocycles. The van der Waals surface area contributed by atoms with E-state index in [1.807, 2.05) is 6.92 Å². The minimum absolute atomic E-state index is 0.182. The Labute approximate surface area is 86.5 Å². The first-order valence-corrected chi connectivity index (χ1v) is 6.88. The first-order valence-electron chi connectivity index (χ1n) is 5.23. The summed E-state index contributed by atoms with van der Waals surface area (Å²) in [4.78, 5) is 0. The van der Waals surface area contributed by atoms with Crippen molar-refractivity contribution in [2.45, 2.75) is 20.3 Å². The van der Waals surface area contributed by atoms with Gasteiger partial charge < -0.3 is 5.32 Å². The average molecular weight is 220 g/mol. The van der Waals surface area contributed by atoms with Crippen LogP contribution in [0, 0.1) is 11.8 Å². The van der Waals surface area contributed by atoms with Gasteiger partial charge in [-0.1, -0.05) is 13.8 Å².